The van der Waals surface area contributed by atoms with E-state index in [9.17, 15) is 4.79 Å². The first kappa shape index (κ1) is 14.6. The molecule has 0 aromatic heterocycles. The number of carbonyl (C=O) groups is 1. The molecule has 0 spiro atoms. The van der Waals surface area contributed by atoms with Gasteiger partial charge in [0.15, 0.2) is 0 Å². The zero-order valence-corrected chi connectivity index (χ0v) is 12.0. The molecule has 1 N–H and O–H groups in total. The second-order valence-corrected chi connectivity index (χ2v) is 6.49. The summed E-state index contributed by atoms with van der Waals surface area (Å²) in [6.07, 6.45) is 0. The van der Waals surface area contributed by atoms with E-state index in [1.165, 1.54) is 11.8 Å². The molecule has 3 nitrogen and oxygen atoms in total. The fraction of sp³-hybridized carbons (Fsp3) is 0.429. The van der Waals surface area contributed by atoms with E-state index in [4.69, 9.17) is 5.26 Å². The first-order valence-corrected chi connectivity index (χ1v) is 6.69. The average molecular weight is 262 g/mol. The average Bonchev–Trinajstić information content (AvgIpc) is 2.27. The molecule has 0 fully saturated rings. The molecule has 4 heteroatoms. The topological polar surface area (TPSA) is 52.9 Å². The number of nitrogens with zero attached hydrogens (tertiary/aromatic N) is 1. The zero-order valence-electron chi connectivity index (χ0n) is 11.2. The molecule has 1 rings (SSSR count). The second-order valence-electron chi connectivity index (χ2n) is 5.11. The zero-order chi connectivity index (χ0) is 13.8. The van der Waals surface area contributed by atoms with Gasteiger partial charge in [0, 0.05) is 10.4 Å². The molecule has 0 bridgehead atoms. The van der Waals surface area contributed by atoms with E-state index in [1.54, 1.807) is 6.07 Å². The molecule has 0 heterocycles. The lowest BCUT2D eigenvalue weighted by molar-refractivity contribution is -0.121. The van der Waals surface area contributed by atoms with Crippen molar-refractivity contribution in [1.29, 1.82) is 5.26 Å². The van der Waals surface area contributed by atoms with Crippen molar-refractivity contribution in [3.63, 3.8) is 0 Å². The summed E-state index contributed by atoms with van der Waals surface area (Å²) in [7, 11) is 0. The lowest BCUT2D eigenvalue weighted by atomic mass is 10.1. The molecule has 0 saturated heterocycles. The van der Waals surface area contributed by atoms with Gasteiger partial charge >= 0.3 is 0 Å². The smallest absolute Gasteiger partial charge is 0.233 e. The molecule has 0 aliphatic rings. The van der Waals surface area contributed by atoms with Crippen molar-refractivity contribution < 1.29 is 4.79 Å². The van der Waals surface area contributed by atoms with Crippen LogP contribution in [0.2, 0.25) is 0 Å². The predicted molar refractivity (Wildman–Crippen MR) is 74.4 cm³/mol. The van der Waals surface area contributed by atoms with E-state index in [-0.39, 0.29) is 16.7 Å². The summed E-state index contributed by atoms with van der Waals surface area (Å²) in [5, 5.41) is 11.7. The van der Waals surface area contributed by atoms with E-state index in [2.05, 4.69) is 11.4 Å². The largest absolute Gasteiger partial charge is 0.351 e. The summed E-state index contributed by atoms with van der Waals surface area (Å²) in [6.45, 7) is 7.70. The quantitative estimate of drug-likeness (QED) is 0.852. The van der Waals surface area contributed by atoms with Crippen molar-refractivity contribution >= 4 is 17.7 Å². The van der Waals surface area contributed by atoms with Gasteiger partial charge in [-0.1, -0.05) is 12.1 Å². The number of hydrogen-bond donors (Lipinski definition) is 1. The Morgan fingerprint density at radius 1 is 1.39 bits per heavy atom. The Kier molecular flexibility index (Phi) is 4.80. The minimum atomic E-state index is -0.235. The van der Waals surface area contributed by atoms with Gasteiger partial charge in [-0.25, -0.2) is 0 Å². The maximum Gasteiger partial charge on any atom is 0.233 e. The van der Waals surface area contributed by atoms with E-state index < -0.39 is 0 Å². The number of amides is 1. The molecule has 0 saturated carbocycles. The van der Waals surface area contributed by atoms with Crippen LogP contribution in [0.1, 0.15) is 33.3 Å². The van der Waals surface area contributed by atoms with Crippen LogP contribution in [0.4, 0.5) is 0 Å². The molecule has 1 aromatic rings. The first-order chi connectivity index (χ1) is 8.33. The molecule has 0 radical (unpaired) electrons. The maximum absolute atomic E-state index is 11.9. The third kappa shape index (κ3) is 4.42. The maximum atomic E-state index is 11.9. The number of thioether (sulfide) groups is 1. The molecule has 0 unspecified atom stereocenters. The monoisotopic (exact) mass is 262 g/mol. The van der Waals surface area contributed by atoms with Gasteiger partial charge in [-0.3, -0.25) is 4.79 Å². The van der Waals surface area contributed by atoms with E-state index in [0.29, 0.717) is 5.56 Å². The molecule has 1 amide bonds. The summed E-state index contributed by atoms with van der Waals surface area (Å²) in [4.78, 5) is 12.8. The highest BCUT2D eigenvalue weighted by molar-refractivity contribution is 8.00. The van der Waals surface area contributed by atoms with Crippen molar-refractivity contribution in [2.45, 2.75) is 43.4 Å². The van der Waals surface area contributed by atoms with E-state index in [1.807, 2.05) is 45.9 Å². The Bertz CT molecular complexity index is 471. The van der Waals surface area contributed by atoms with Gasteiger partial charge in [-0.15, -0.1) is 11.8 Å². The Morgan fingerprint density at radius 2 is 2.00 bits per heavy atom. The van der Waals surface area contributed by atoms with Gasteiger partial charge in [-0.05, 0) is 39.8 Å². The fourth-order valence-corrected chi connectivity index (χ4v) is 2.32. The van der Waals surface area contributed by atoms with Crippen molar-refractivity contribution in [2.24, 2.45) is 0 Å². The van der Waals surface area contributed by atoms with Crippen LogP contribution in [0.3, 0.4) is 0 Å². The molecular weight excluding hydrogens is 244 g/mol. The molecule has 18 heavy (non-hydrogen) atoms. The highest BCUT2D eigenvalue weighted by atomic mass is 32.2. The molecule has 1 atom stereocenters. The van der Waals surface area contributed by atoms with Crippen LogP contribution in [-0.4, -0.2) is 16.7 Å². The number of rotatable bonds is 3. The summed E-state index contributed by atoms with van der Waals surface area (Å²) in [5.41, 5.74) is 0.374. The molecule has 96 valence electrons. The summed E-state index contributed by atoms with van der Waals surface area (Å²) in [6, 6.07) is 9.46. The van der Waals surface area contributed by atoms with Crippen LogP contribution < -0.4 is 5.32 Å². The summed E-state index contributed by atoms with van der Waals surface area (Å²) < 4.78 is 0. The van der Waals surface area contributed by atoms with Crippen LogP contribution in [0.5, 0.6) is 0 Å². The van der Waals surface area contributed by atoms with Gasteiger partial charge in [0.05, 0.1) is 10.8 Å². The number of carbonyl (C=O) groups excluding carboxylic acids is 1. The van der Waals surface area contributed by atoms with E-state index in [0.717, 1.165) is 4.90 Å². The minimum Gasteiger partial charge on any atom is -0.351 e. The van der Waals surface area contributed by atoms with Crippen molar-refractivity contribution in [3.8, 4) is 6.07 Å². The Balaban J connectivity index is 2.73. The second kappa shape index (κ2) is 5.92. The molecule has 0 aliphatic carbocycles. The Morgan fingerprint density at radius 3 is 2.56 bits per heavy atom. The molecule has 1 aromatic carbocycles. The van der Waals surface area contributed by atoms with Gasteiger partial charge in [0.25, 0.3) is 0 Å². The van der Waals surface area contributed by atoms with Gasteiger partial charge in [-0.2, -0.15) is 5.26 Å². The van der Waals surface area contributed by atoms with Crippen LogP contribution in [0, 0.1) is 11.3 Å². The fourth-order valence-electron chi connectivity index (χ4n) is 1.38. The number of nitrogens with one attached hydrogen (secondary N) is 1. The van der Waals surface area contributed by atoms with Crippen molar-refractivity contribution in [1.82, 2.24) is 5.32 Å². The first-order valence-electron chi connectivity index (χ1n) is 5.81. The lowest BCUT2D eigenvalue weighted by Crippen LogP contribution is -2.44. The number of nitriles is 1. The van der Waals surface area contributed by atoms with Gasteiger partial charge in [0.1, 0.15) is 6.07 Å². The van der Waals surface area contributed by atoms with Gasteiger partial charge in [0.2, 0.25) is 5.91 Å². The third-order valence-corrected chi connectivity index (χ3v) is 3.36. The van der Waals surface area contributed by atoms with Crippen LogP contribution >= 0.6 is 11.8 Å². The summed E-state index contributed by atoms with van der Waals surface area (Å²) >= 11 is 1.41. The van der Waals surface area contributed by atoms with Crippen LogP contribution in [0.15, 0.2) is 29.2 Å². The highest BCUT2D eigenvalue weighted by Crippen LogP contribution is 2.26. The lowest BCUT2D eigenvalue weighted by Gasteiger charge is -2.23. The van der Waals surface area contributed by atoms with Gasteiger partial charge < -0.3 is 5.32 Å². The number of hydrogen-bond acceptors (Lipinski definition) is 3. The molecule has 0 aliphatic heterocycles. The summed E-state index contributed by atoms with van der Waals surface area (Å²) in [5.74, 6) is -0.0137. The minimum absolute atomic E-state index is 0.0137. The van der Waals surface area contributed by atoms with Crippen molar-refractivity contribution in [2.75, 3.05) is 0 Å². The number of benzene rings is 1. The normalized spacial score (nSPS) is 12.6. The highest BCUT2D eigenvalue weighted by Gasteiger charge is 2.20. The van der Waals surface area contributed by atoms with Crippen molar-refractivity contribution in [3.05, 3.63) is 29.8 Å². The Labute approximate surface area is 113 Å². The molecular formula is C14H18N2OS. The van der Waals surface area contributed by atoms with Crippen LogP contribution in [0.25, 0.3) is 0 Å². The predicted octanol–water partition coefficient (Wildman–Crippen LogP) is 2.95. The standard InChI is InChI=1S/C14H18N2OS/c1-10(13(17)16-14(2,3)4)18-12-8-6-5-7-11(12)9-15/h5-8,10H,1-4H3,(H,16,17)/t10-/m1/s1. The third-order valence-electron chi connectivity index (χ3n) is 2.18. The van der Waals surface area contributed by atoms with Crippen LogP contribution in [-0.2, 0) is 4.79 Å². The Hall–Kier alpha value is -1.47. The van der Waals surface area contributed by atoms with E-state index >= 15 is 0 Å². The SMILES string of the molecule is C[C@@H](Sc1ccccc1C#N)C(=O)NC(C)(C)C.